The molecule has 2 heterocycles. The normalized spacial score (nSPS) is 11.8. The van der Waals surface area contributed by atoms with Crippen LogP contribution in [0.3, 0.4) is 0 Å². The van der Waals surface area contributed by atoms with Crippen LogP contribution in [0, 0.1) is 0 Å². The number of carbonyl (C=O) groups excluding carboxylic acids is 1. The highest BCUT2D eigenvalue weighted by Crippen LogP contribution is 2.27. The number of hydrogen-bond donors (Lipinski definition) is 1. The highest BCUT2D eigenvalue weighted by Gasteiger charge is 2.20. The molecule has 0 unspecified atom stereocenters. The van der Waals surface area contributed by atoms with Crippen LogP contribution >= 0.6 is 23.4 Å². The molecule has 1 aromatic carbocycles. The summed E-state index contributed by atoms with van der Waals surface area (Å²) in [6, 6.07) is 13.1. The Kier molecular flexibility index (Phi) is 6.26. The number of anilines is 1. The zero-order chi connectivity index (χ0) is 19.2. The van der Waals surface area contributed by atoms with E-state index in [2.05, 4.69) is 27.1 Å². The minimum Gasteiger partial charge on any atom is -0.310 e. The van der Waals surface area contributed by atoms with Crippen LogP contribution in [-0.4, -0.2) is 30.9 Å². The van der Waals surface area contributed by atoms with Crippen molar-refractivity contribution in [3.05, 3.63) is 66.3 Å². The molecule has 1 atom stereocenters. The van der Waals surface area contributed by atoms with Gasteiger partial charge < -0.3 is 5.32 Å². The maximum atomic E-state index is 12.5. The molecule has 0 bridgehead atoms. The lowest BCUT2D eigenvalue weighted by atomic mass is 10.2. The summed E-state index contributed by atoms with van der Waals surface area (Å²) in [6.45, 7) is 6.16. The average molecular weight is 400 g/mol. The topological polar surface area (TPSA) is 72.7 Å². The number of pyridine rings is 1. The number of halogens is 1. The van der Waals surface area contributed by atoms with Crippen molar-refractivity contribution in [2.75, 3.05) is 5.32 Å². The van der Waals surface area contributed by atoms with Gasteiger partial charge in [-0.25, -0.2) is 4.98 Å². The van der Waals surface area contributed by atoms with Crippen molar-refractivity contribution in [1.29, 1.82) is 0 Å². The first-order valence-corrected chi connectivity index (χ1v) is 9.53. The lowest BCUT2D eigenvalue weighted by molar-refractivity contribution is -0.115. The van der Waals surface area contributed by atoms with Gasteiger partial charge in [0, 0.05) is 18.3 Å². The Hall–Kier alpha value is -2.64. The number of carbonyl (C=O) groups is 1. The van der Waals surface area contributed by atoms with Gasteiger partial charge in [0.05, 0.1) is 10.3 Å². The van der Waals surface area contributed by atoms with E-state index < -0.39 is 0 Å². The van der Waals surface area contributed by atoms with Gasteiger partial charge in [-0.2, -0.15) is 0 Å². The largest absolute Gasteiger partial charge is 0.310 e. The molecule has 6 nitrogen and oxygen atoms in total. The molecule has 3 rings (SSSR count). The van der Waals surface area contributed by atoms with Crippen molar-refractivity contribution in [3.8, 4) is 11.4 Å². The van der Waals surface area contributed by atoms with Gasteiger partial charge in [-0.15, -0.1) is 16.8 Å². The summed E-state index contributed by atoms with van der Waals surface area (Å²) in [4.78, 5) is 16.5. The Bertz CT molecular complexity index is 927. The molecule has 8 heteroatoms. The molecule has 0 aliphatic rings. The van der Waals surface area contributed by atoms with Crippen LogP contribution in [0.25, 0.3) is 11.4 Å². The highest BCUT2D eigenvalue weighted by molar-refractivity contribution is 8.00. The van der Waals surface area contributed by atoms with Crippen LogP contribution in [0.5, 0.6) is 0 Å². The van der Waals surface area contributed by atoms with E-state index in [1.807, 2.05) is 41.8 Å². The minimum atomic E-state index is -0.390. The second-order valence-electron chi connectivity index (χ2n) is 5.68. The third-order valence-electron chi connectivity index (χ3n) is 3.69. The van der Waals surface area contributed by atoms with Crippen molar-refractivity contribution < 1.29 is 4.79 Å². The molecule has 138 valence electrons. The van der Waals surface area contributed by atoms with Gasteiger partial charge in [0.15, 0.2) is 11.0 Å². The monoisotopic (exact) mass is 399 g/mol. The van der Waals surface area contributed by atoms with Crippen LogP contribution in [0.2, 0.25) is 5.02 Å². The van der Waals surface area contributed by atoms with Crippen LogP contribution in [0.4, 0.5) is 5.82 Å². The number of nitrogens with one attached hydrogen (secondary N) is 1. The third kappa shape index (κ3) is 4.75. The number of allylic oxidation sites excluding steroid dienone is 1. The summed E-state index contributed by atoms with van der Waals surface area (Å²) in [6.07, 6.45) is 3.27. The molecule has 2 aromatic heterocycles. The molecule has 1 amide bonds. The molecule has 3 aromatic rings. The fraction of sp³-hybridized carbons (Fsp3) is 0.158. The Balaban J connectivity index is 1.76. The van der Waals surface area contributed by atoms with Crippen LogP contribution < -0.4 is 5.32 Å². The van der Waals surface area contributed by atoms with Gasteiger partial charge in [0.2, 0.25) is 5.91 Å². The summed E-state index contributed by atoms with van der Waals surface area (Å²) < 4.78 is 1.94. The van der Waals surface area contributed by atoms with Crippen molar-refractivity contribution in [2.45, 2.75) is 23.9 Å². The Morgan fingerprint density at radius 3 is 2.74 bits per heavy atom. The number of amides is 1. The van der Waals surface area contributed by atoms with E-state index in [4.69, 9.17) is 11.6 Å². The van der Waals surface area contributed by atoms with Crippen molar-refractivity contribution in [2.24, 2.45) is 0 Å². The molecule has 0 saturated carbocycles. The molecule has 27 heavy (non-hydrogen) atoms. The van der Waals surface area contributed by atoms with E-state index >= 15 is 0 Å². The molecule has 1 N–H and O–H groups in total. The maximum absolute atomic E-state index is 12.5. The predicted octanol–water partition coefficient (Wildman–Crippen LogP) is 4.30. The van der Waals surface area contributed by atoms with Gasteiger partial charge in [0.25, 0.3) is 0 Å². The molecule has 0 saturated heterocycles. The predicted molar refractivity (Wildman–Crippen MR) is 109 cm³/mol. The summed E-state index contributed by atoms with van der Waals surface area (Å²) in [5, 5.41) is 12.1. The number of nitrogens with zero attached hydrogens (tertiary/aromatic N) is 4. The van der Waals surface area contributed by atoms with E-state index in [0.29, 0.717) is 22.5 Å². The van der Waals surface area contributed by atoms with E-state index in [-0.39, 0.29) is 11.2 Å². The lowest BCUT2D eigenvalue weighted by Gasteiger charge is -2.12. The van der Waals surface area contributed by atoms with Crippen LogP contribution in [0.15, 0.2) is 66.5 Å². The standard InChI is InChI=1S/C19H18ClN5OS/c1-3-11-25-17(14-7-5-4-6-8-14)23-24-19(25)27-13(2)18(26)22-16-10-9-15(20)12-21-16/h3-10,12-13H,1,11H2,2H3,(H,21,22,26)/t13-/m0/s1. The summed E-state index contributed by atoms with van der Waals surface area (Å²) in [5.41, 5.74) is 0.959. The van der Waals surface area contributed by atoms with Gasteiger partial charge in [-0.1, -0.05) is 59.8 Å². The number of benzene rings is 1. The molecule has 0 spiro atoms. The first-order valence-electron chi connectivity index (χ1n) is 8.27. The molecule has 0 aliphatic heterocycles. The van der Waals surface area contributed by atoms with Gasteiger partial charge in [-0.3, -0.25) is 9.36 Å². The fourth-order valence-corrected chi connectivity index (χ4v) is 3.33. The van der Waals surface area contributed by atoms with Crippen LogP contribution in [-0.2, 0) is 11.3 Å². The molecular formula is C19H18ClN5OS. The fourth-order valence-electron chi connectivity index (χ4n) is 2.36. The van der Waals surface area contributed by atoms with Crippen molar-refractivity contribution >= 4 is 35.1 Å². The molecule has 0 radical (unpaired) electrons. The Morgan fingerprint density at radius 2 is 2.07 bits per heavy atom. The van der Waals surface area contributed by atoms with Crippen LogP contribution in [0.1, 0.15) is 6.92 Å². The van der Waals surface area contributed by atoms with E-state index in [0.717, 1.165) is 11.4 Å². The number of thioether (sulfide) groups is 1. The van der Waals surface area contributed by atoms with Crippen molar-refractivity contribution in [1.82, 2.24) is 19.7 Å². The number of hydrogen-bond acceptors (Lipinski definition) is 5. The minimum absolute atomic E-state index is 0.177. The Morgan fingerprint density at radius 1 is 1.30 bits per heavy atom. The van der Waals surface area contributed by atoms with E-state index in [9.17, 15) is 4.79 Å². The third-order valence-corrected chi connectivity index (χ3v) is 4.99. The molecule has 0 aliphatic carbocycles. The molecular weight excluding hydrogens is 382 g/mol. The van der Waals surface area contributed by atoms with Gasteiger partial charge >= 0.3 is 0 Å². The second kappa shape index (κ2) is 8.83. The summed E-state index contributed by atoms with van der Waals surface area (Å²) in [7, 11) is 0. The average Bonchev–Trinajstić information content (AvgIpc) is 3.07. The maximum Gasteiger partial charge on any atom is 0.238 e. The first-order chi connectivity index (χ1) is 13.1. The zero-order valence-electron chi connectivity index (χ0n) is 14.7. The number of rotatable bonds is 7. The van der Waals surface area contributed by atoms with Gasteiger partial charge in [0.1, 0.15) is 5.82 Å². The molecule has 0 fully saturated rings. The van der Waals surface area contributed by atoms with E-state index in [1.54, 1.807) is 18.2 Å². The first kappa shape index (κ1) is 19.1. The lowest BCUT2D eigenvalue weighted by Crippen LogP contribution is -2.23. The SMILES string of the molecule is C=CCn1c(S[C@@H](C)C(=O)Nc2ccc(Cl)cn2)nnc1-c1ccccc1. The van der Waals surface area contributed by atoms with Crippen molar-refractivity contribution in [3.63, 3.8) is 0 Å². The number of aromatic nitrogens is 4. The highest BCUT2D eigenvalue weighted by atomic mass is 35.5. The summed E-state index contributed by atoms with van der Waals surface area (Å²) in [5.74, 6) is 1.02. The zero-order valence-corrected chi connectivity index (χ0v) is 16.2. The van der Waals surface area contributed by atoms with E-state index in [1.165, 1.54) is 18.0 Å². The Labute approximate surface area is 166 Å². The van der Waals surface area contributed by atoms with Gasteiger partial charge in [-0.05, 0) is 19.1 Å². The smallest absolute Gasteiger partial charge is 0.238 e. The second-order valence-corrected chi connectivity index (χ2v) is 7.43. The quantitative estimate of drug-likeness (QED) is 0.473. The summed E-state index contributed by atoms with van der Waals surface area (Å²) >= 11 is 7.14.